The normalized spacial score (nSPS) is 13.6. The molecule has 1 aromatic rings. The highest BCUT2D eigenvalue weighted by molar-refractivity contribution is 5.97. The van der Waals surface area contributed by atoms with Crippen LogP contribution in [0.2, 0.25) is 0 Å². The fourth-order valence-electron chi connectivity index (χ4n) is 1.62. The molecular formula is C15H23N3O3. The molecule has 2 amide bonds. The van der Waals surface area contributed by atoms with Crippen LogP contribution in [0.1, 0.15) is 26.3 Å². The largest absolute Gasteiger partial charge is 0.392 e. The number of amides is 2. The third kappa shape index (κ3) is 5.17. The van der Waals surface area contributed by atoms with Gasteiger partial charge in [-0.05, 0) is 30.5 Å². The summed E-state index contributed by atoms with van der Waals surface area (Å²) in [7, 11) is 0. The minimum Gasteiger partial charge on any atom is -0.392 e. The van der Waals surface area contributed by atoms with E-state index in [1.54, 1.807) is 31.2 Å². The van der Waals surface area contributed by atoms with Gasteiger partial charge >= 0.3 is 0 Å². The first-order valence-electron chi connectivity index (χ1n) is 6.91. The van der Waals surface area contributed by atoms with Gasteiger partial charge < -0.3 is 21.5 Å². The minimum absolute atomic E-state index is 0.00582. The SMILES string of the molecule is CC(NC(=O)[C@@H](N)C(C)C)C(=O)Nc1ccc(CO)cc1. The van der Waals surface area contributed by atoms with E-state index in [2.05, 4.69) is 10.6 Å². The number of nitrogens with two attached hydrogens (primary N) is 1. The van der Waals surface area contributed by atoms with Crippen molar-refractivity contribution in [1.29, 1.82) is 0 Å². The Balaban J connectivity index is 2.56. The summed E-state index contributed by atoms with van der Waals surface area (Å²) >= 11 is 0. The van der Waals surface area contributed by atoms with Crippen LogP contribution >= 0.6 is 0 Å². The molecule has 5 N–H and O–H groups in total. The van der Waals surface area contributed by atoms with Crippen molar-refractivity contribution in [2.75, 3.05) is 5.32 Å². The Bertz CT molecular complexity index is 485. The number of rotatable bonds is 6. The number of carbonyl (C=O) groups is 2. The number of aliphatic hydroxyl groups is 1. The maximum Gasteiger partial charge on any atom is 0.246 e. The Labute approximate surface area is 124 Å². The smallest absolute Gasteiger partial charge is 0.246 e. The van der Waals surface area contributed by atoms with Gasteiger partial charge in [-0.3, -0.25) is 9.59 Å². The van der Waals surface area contributed by atoms with Crippen LogP contribution in [0.15, 0.2) is 24.3 Å². The van der Waals surface area contributed by atoms with Gasteiger partial charge in [-0.1, -0.05) is 26.0 Å². The van der Waals surface area contributed by atoms with E-state index in [4.69, 9.17) is 10.8 Å². The number of aliphatic hydroxyl groups excluding tert-OH is 1. The van der Waals surface area contributed by atoms with Gasteiger partial charge in [0.15, 0.2) is 0 Å². The molecule has 1 aromatic carbocycles. The van der Waals surface area contributed by atoms with Crippen LogP contribution in [0, 0.1) is 5.92 Å². The van der Waals surface area contributed by atoms with Crippen LogP contribution in [0.4, 0.5) is 5.69 Å². The van der Waals surface area contributed by atoms with Crippen LogP contribution in [0.3, 0.4) is 0 Å². The van der Waals surface area contributed by atoms with Crippen molar-refractivity contribution in [3.05, 3.63) is 29.8 Å². The highest BCUT2D eigenvalue weighted by atomic mass is 16.3. The molecule has 21 heavy (non-hydrogen) atoms. The Kier molecular flexibility index (Phi) is 6.33. The van der Waals surface area contributed by atoms with Crippen molar-refractivity contribution < 1.29 is 14.7 Å². The van der Waals surface area contributed by atoms with Gasteiger partial charge in [0, 0.05) is 5.69 Å². The molecule has 1 unspecified atom stereocenters. The van der Waals surface area contributed by atoms with Gasteiger partial charge in [0.05, 0.1) is 12.6 Å². The molecule has 0 aliphatic rings. The van der Waals surface area contributed by atoms with Gasteiger partial charge in [0.2, 0.25) is 11.8 Å². The zero-order chi connectivity index (χ0) is 16.0. The summed E-state index contributed by atoms with van der Waals surface area (Å²) in [6.45, 7) is 5.24. The fourth-order valence-corrected chi connectivity index (χ4v) is 1.62. The third-order valence-corrected chi connectivity index (χ3v) is 3.18. The highest BCUT2D eigenvalue weighted by Crippen LogP contribution is 2.10. The van der Waals surface area contributed by atoms with Crippen molar-refractivity contribution >= 4 is 17.5 Å². The molecule has 0 fully saturated rings. The number of benzene rings is 1. The summed E-state index contributed by atoms with van der Waals surface area (Å²) in [6, 6.07) is 5.50. The second-order valence-corrected chi connectivity index (χ2v) is 5.34. The van der Waals surface area contributed by atoms with E-state index >= 15 is 0 Å². The molecule has 0 aromatic heterocycles. The first-order chi connectivity index (χ1) is 9.85. The number of carbonyl (C=O) groups excluding carboxylic acids is 2. The summed E-state index contributed by atoms with van der Waals surface area (Å²) in [4.78, 5) is 23.8. The molecule has 1 rings (SSSR count). The third-order valence-electron chi connectivity index (χ3n) is 3.18. The Morgan fingerprint density at radius 2 is 1.71 bits per heavy atom. The molecule has 0 radical (unpaired) electrons. The molecule has 0 bridgehead atoms. The lowest BCUT2D eigenvalue weighted by atomic mass is 10.0. The first-order valence-corrected chi connectivity index (χ1v) is 6.91. The molecule has 0 saturated heterocycles. The fraction of sp³-hybridized carbons (Fsp3) is 0.467. The van der Waals surface area contributed by atoms with Crippen molar-refractivity contribution in [2.24, 2.45) is 11.7 Å². The van der Waals surface area contributed by atoms with E-state index in [1.165, 1.54) is 0 Å². The van der Waals surface area contributed by atoms with Crippen LogP contribution in [0.5, 0.6) is 0 Å². The van der Waals surface area contributed by atoms with Crippen molar-refractivity contribution in [3.8, 4) is 0 Å². The molecule has 0 aliphatic heterocycles. The number of nitrogens with one attached hydrogen (secondary N) is 2. The van der Waals surface area contributed by atoms with Crippen molar-refractivity contribution in [3.63, 3.8) is 0 Å². The topological polar surface area (TPSA) is 104 Å². The average molecular weight is 293 g/mol. The number of anilines is 1. The Morgan fingerprint density at radius 1 is 1.14 bits per heavy atom. The zero-order valence-electron chi connectivity index (χ0n) is 12.6. The maximum absolute atomic E-state index is 12.0. The lowest BCUT2D eigenvalue weighted by molar-refractivity contribution is -0.127. The first kappa shape index (κ1) is 17.1. The minimum atomic E-state index is -0.681. The van der Waals surface area contributed by atoms with Crippen LogP contribution in [-0.2, 0) is 16.2 Å². The van der Waals surface area contributed by atoms with E-state index in [9.17, 15) is 9.59 Å². The van der Waals surface area contributed by atoms with E-state index in [1.807, 2.05) is 13.8 Å². The number of hydrogen-bond acceptors (Lipinski definition) is 4. The van der Waals surface area contributed by atoms with Crippen LogP contribution in [0.25, 0.3) is 0 Å². The second-order valence-electron chi connectivity index (χ2n) is 5.34. The molecule has 0 spiro atoms. The molecule has 0 aliphatic carbocycles. The predicted octanol–water partition coefficient (Wildman–Crippen LogP) is 0.605. The van der Waals surface area contributed by atoms with Gasteiger partial charge in [-0.2, -0.15) is 0 Å². The second kappa shape index (κ2) is 7.75. The van der Waals surface area contributed by atoms with E-state index in [0.717, 1.165) is 5.56 Å². The van der Waals surface area contributed by atoms with Gasteiger partial charge in [0.1, 0.15) is 6.04 Å². The molecule has 0 saturated carbocycles. The average Bonchev–Trinajstić information content (AvgIpc) is 2.46. The van der Waals surface area contributed by atoms with E-state index in [0.29, 0.717) is 5.69 Å². The van der Waals surface area contributed by atoms with E-state index < -0.39 is 12.1 Å². The van der Waals surface area contributed by atoms with Crippen molar-refractivity contribution in [1.82, 2.24) is 5.32 Å². The summed E-state index contributed by atoms with van der Waals surface area (Å²) in [6.07, 6.45) is 0. The summed E-state index contributed by atoms with van der Waals surface area (Å²) < 4.78 is 0. The molecule has 116 valence electrons. The summed E-state index contributed by atoms with van der Waals surface area (Å²) in [5, 5.41) is 14.2. The van der Waals surface area contributed by atoms with Crippen LogP contribution in [-0.4, -0.2) is 29.0 Å². The van der Waals surface area contributed by atoms with Gasteiger partial charge in [0.25, 0.3) is 0 Å². The molecular weight excluding hydrogens is 270 g/mol. The Morgan fingerprint density at radius 3 is 2.19 bits per heavy atom. The summed E-state index contributed by atoms with van der Waals surface area (Å²) in [5.41, 5.74) is 7.09. The Hall–Kier alpha value is -1.92. The predicted molar refractivity (Wildman–Crippen MR) is 81.4 cm³/mol. The van der Waals surface area contributed by atoms with Gasteiger partial charge in [-0.25, -0.2) is 0 Å². The summed E-state index contributed by atoms with van der Waals surface area (Å²) in [5.74, 6) is -0.661. The lowest BCUT2D eigenvalue weighted by Crippen LogP contribution is -2.50. The standard InChI is InChI=1S/C15H23N3O3/c1-9(2)13(16)15(21)17-10(3)14(20)18-12-6-4-11(8-19)5-7-12/h4-7,9-10,13,19H,8,16H2,1-3H3,(H,17,21)(H,18,20)/t10?,13-/m0/s1. The quantitative estimate of drug-likeness (QED) is 0.616. The zero-order valence-corrected chi connectivity index (χ0v) is 12.6. The lowest BCUT2D eigenvalue weighted by Gasteiger charge is -2.19. The molecule has 6 nitrogen and oxygen atoms in total. The maximum atomic E-state index is 12.0. The monoisotopic (exact) mass is 293 g/mol. The van der Waals surface area contributed by atoms with Crippen LogP contribution < -0.4 is 16.4 Å². The number of hydrogen-bond donors (Lipinski definition) is 4. The van der Waals surface area contributed by atoms with E-state index in [-0.39, 0.29) is 24.3 Å². The highest BCUT2D eigenvalue weighted by Gasteiger charge is 2.22. The molecule has 2 atom stereocenters. The molecule has 6 heteroatoms. The van der Waals surface area contributed by atoms with Gasteiger partial charge in [-0.15, -0.1) is 0 Å². The van der Waals surface area contributed by atoms with Crippen molar-refractivity contribution in [2.45, 2.75) is 39.5 Å². The molecule has 0 heterocycles.